The van der Waals surface area contributed by atoms with Crippen LogP contribution in [0.5, 0.6) is 0 Å². The summed E-state index contributed by atoms with van der Waals surface area (Å²) in [6.45, 7) is 3.95. The van der Waals surface area contributed by atoms with E-state index in [2.05, 4.69) is 5.32 Å². The van der Waals surface area contributed by atoms with Gasteiger partial charge in [-0.05, 0) is 32.4 Å². The van der Waals surface area contributed by atoms with Gasteiger partial charge in [-0.2, -0.15) is 0 Å². The largest absolute Gasteiger partial charge is 0.481 e. The van der Waals surface area contributed by atoms with Gasteiger partial charge < -0.3 is 16.2 Å². The van der Waals surface area contributed by atoms with Crippen LogP contribution in [0.4, 0.5) is 0 Å². The first-order valence-electron chi connectivity index (χ1n) is 6.21. The van der Waals surface area contributed by atoms with Crippen molar-refractivity contribution in [2.75, 3.05) is 0 Å². The van der Waals surface area contributed by atoms with Crippen LogP contribution in [0.3, 0.4) is 0 Å². The first-order valence-corrected chi connectivity index (χ1v) is 7.03. The molecular weight excluding hydrogens is 264 g/mol. The Morgan fingerprint density at radius 1 is 1.47 bits per heavy atom. The smallest absolute Gasteiger partial charge is 0.303 e. The monoisotopic (exact) mass is 284 g/mol. The average Bonchev–Trinajstić information content (AvgIpc) is 2.71. The first kappa shape index (κ1) is 15.7. The Labute approximate surface area is 116 Å². The molecule has 0 aliphatic carbocycles. The zero-order valence-electron chi connectivity index (χ0n) is 11.2. The van der Waals surface area contributed by atoms with E-state index in [0.717, 1.165) is 6.42 Å². The molecule has 0 aliphatic heterocycles. The third kappa shape index (κ3) is 5.85. The maximum Gasteiger partial charge on any atom is 0.303 e. The molecular formula is C13H20N2O3S. The number of hydrogen-bond acceptors (Lipinski definition) is 4. The summed E-state index contributed by atoms with van der Waals surface area (Å²) in [4.78, 5) is 24.6. The number of aliphatic carboxylic acids is 1. The highest BCUT2D eigenvalue weighted by Gasteiger charge is 2.17. The Morgan fingerprint density at radius 3 is 2.68 bits per heavy atom. The van der Waals surface area contributed by atoms with Crippen LogP contribution in [0.15, 0.2) is 12.1 Å². The van der Waals surface area contributed by atoms with Crippen LogP contribution in [-0.4, -0.2) is 29.1 Å². The molecule has 0 fully saturated rings. The van der Waals surface area contributed by atoms with Gasteiger partial charge in [-0.1, -0.05) is 0 Å². The van der Waals surface area contributed by atoms with Crippen LogP contribution < -0.4 is 11.1 Å². The minimum absolute atomic E-state index is 0.0126. The Kier molecular flexibility index (Phi) is 5.98. The molecule has 4 N–H and O–H groups in total. The molecule has 0 saturated carbocycles. The number of carboxylic acids is 1. The van der Waals surface area contributed by atoms with Gasteiger partial charge in [0.2, 0.25) is 5.91 Å². The number of amides is 1. The lowest BCUT2D eigenvalue weighted by Gasteiger charge is -2.16. The van der Waals surface area contributed by atoms with E-state index in [4.69, 9.17) is 10.8 Å². The standard InChI is InChI=1S/C13H20N2O3S/c1-8(7-10-4-3-9(2)19-10)15-13(18)11(14)5-6-12(16)17/h3-4,8,11H,5-7,14H2,1-2H3,(H,15,18)(H,16,17). The number of thiophene rings is 1. The van der Waals surface area contributed by atoms with Gasteiger partial charge in [0.05, 0.1) is 6.04 Å². The van der Waals surface area contributed by atoms with Crippen LogP contribution in [0.2, 0.25) is 0 Å². The number of carboxylic acid groups (broad SMARTS) is 1. The number of rotatable bonds is 7. The van der Waals surface area contributed by atoms with Gasteiger partial charge in [0, 0.05) is 28.6 Å². The quantitative estimate of drug-likeness (QED) is 0.703. The van der Waals surface area contributed by atoms with E-state index in [9.17, 15) is 9.59 Å². The number of nitrogens with two attached hydrogens (primary N) is 1. The van der Waals surface area contributed by atoms with Crippen molar-refractivity contribution >= 4 is 23.2 Å². The molecule has 106 valence electrons. The molecule has 2 atom stereocenters. The summed E-state index contributed by atoms with van der Waals surface area (Å²) in [5.74, 6) is -1.23. The molecule has 1 aromatic heterocycles. The third-order valence-electron chi connectivity index (χ3n) is 2.70. The average molecular weight is 284 g/mol. The van der Waals surface area contributed by atoms with Crippen molar-refractivity contribution in [1.82, 2.24) is 5.32 Å². The summed E-state index contributed by atoms with van der Waals surface area (Å²) in [6.07, 6.45) is 0.828. The first-order chi connectivity index (χ1) is 8.88. The maximum atomic E-state index is 11.7. The van der Waals surface area contributed by atoms with Gasteiger partial charge in [-0.3, -0.25) is 9.59 Å². The number of hydrogen-bond donors (Lipinski definition) is 3. The molecule has 0 spiro atoms. The topological polar surface area (TPSA) is 92.4 Å². The second-order valence-electron chi connectivity index (χ2n) is 4.67. The van der Waals surface area contributed by atoms with E-state index in [0.29, 0.717) is 0 Å². The number of carbonyl (C=O) groups excluding carboxylic acids is 1. The highest BCUT2D eigenvalue weighted by molar-refractivity contribution is 7.11. The number of carbonyl (C=O) groups is 2. The van der Waals surface area contributed by atoms with E-state index < -0.39 is 12.0 Å². The zero-order chi connectivity index (χ0) is 14.4. The number of aryl methyl sites for hydroxylation is 1. The molecule has 1 amide bonds. The summed E-state index contributed by atoms with van der Waals surface area (Å²) in [7, 11) is 0. The molecule has 2 unspecified atom stereocenters. The predicted octanol–water partition coefficient (Wildman–Crippen LogP) is 1.30. The van der Waals surface area contributed by atoms with Crippen molar-refractivity contribution in [3.05, 3.63) is 21.9 Å². The fraction of sp³-hybridized carbons (Fsp3) is 0.538. The molecule has 1 rings (SSSR count). The SMILES string of the molecule is Cc1ccc(CC(C)NC(=O)C(N)CCC(=O)O)s1. The molecule has 19 heavy (non-hydrogen) atoms. The van der Waals surface area contributed by atoms with Gasteiger partial charge in [0.15, 0.2) is 0 Å². The van der Waals surface area contributed by atoms with Crippen molar-refractivity contribution in [3.8, 4) is 0 Å². The van der Waals surface area contributed by atoms with Gasteiger partial charge >= 0.3 is 5.97 Å². The highest BCUT2D eigenvalue weighted by atomic mass is 32.1. The van der Waals surface area contributed by atoms with E-state index in [1.165, 1.54) is 9.75 Å². The third-order valence-corrected chi connectivity index (χ3v) is 3.72. The van der Waals surface area contributed by atoms with Gasteiger partial charge in [-0.15, -0.1) is 11.3 Å². The van der Waals surface area contributed by atoms with Gasteiger partial charge in [-0.25, -0.2) is 0 Å². The number of nitrogens with one attached hydrogen (secondary N) is 1. The van der Waals surface area contributed by atoms with Crippen LogP contribution in [0, 0.1) is 6.92 Å². The van der Waals surface area contributed by atoms with Crippen LogP contribution in [0.25, 0.3) is 0 Å². The van der Waals surface area contributed by atoms with Gasteiger partial charge in [0.25, 0.3) is 0 Å². The Morgan fingerprint density at radius 2 is 2.16 bits per heavy atom. The summed E-state index contributed by atoms with van der Waals surface area (Å²) < 4.78 is 0. The van der Waals surface area contributed by atoms with E-state index in [1.807, 2.05) is 26.0 Å². The molecule has 0 aromatic carbocycles. The van der Waals surface area contributed by atoms with Crippen LogP contribution >= 0.6 is 11.3 Å². The maximum absolute atomic E-state index is 11.7. The molecule has 0 saturated heterocycles. The zero-order valence-corrected chi connectivity index (χ0v) is 12.0. The second-order valence-corrected chi connectivity index (χ2v) is 6.04. The lowest BCUT2D eigenvalue weighted by molar-refractivity contribution is -0.137. The lowest BCUT2D eigenvalue weighted by atomic mass is 10.1. The Hall–Kier alpha value is -1.40. The van der Waals surface area contributed by atoms with E-state index >= 15 is 0 Å². The summed E-state index contributed by atoms with van der Waals surface area (Å²) in [6, 6.07) is 3.32. The Balaban J connectivity index is 2.36. The molecule has 0 aliphatic rings. The molecule has 5 nitrogen and oxygen atoms in total. The van der Waals surface area contributed by atoms with Gasteiger partial charge in [0.1, 0.15) is 0 Å². The molecule has 1 aromatic rings. The minimum atomic E-state index is -0.939. The van der Waals surface area contributed by atoms with Crippen LogP contribution in [0.1, 0.15) is 29.5 Å². The molecule has 6 heteroatoms. The lowest BCUT2D eigenvalue weighted by Crippen LogP contribution is -2.45. The Bertz CT molecular complexity index is 445. The summed E-state index contributed by atoms with van der Waals surface area (Å²) >= 11 is 1.71. The minimum Gasteiger partial charge on any atom is -0.481 e. The fourth-order valence-electron chi connectivity index (χ4n) is 1.71. The fourth-order valence-corrected chi connectivity index (χ4v) is 2.73. The second kappa shape index (κ2) is 7.25. The molecule has 0 bridgehead atoms. The van der Waals surface area contributed by atoms with Crippen molar-refractivity contribution < 1.29 is 14.7 Å². The highest BCUT2D eigenvalue weighted by Crippen LogP contribution is 2.16. The molecule has 1 heterocycles. The van der Waals surface area contributed by atoms with Crippen molar-refractivity contribution in [2.24, 2.45) is 5.73 Å². The van der Waals surface area contributed by atoms with Crippen molar-refractivity contribution in [3.63, 3.8) is 0 Å². The molecule has 0 radical (unpaired) electrons. The van der Waals surface area contributed by atoms with Crippen molar-refractivity contribution in [1.29, 1.82) is 0 Å². The van der Waals surface area contributed by atoms with Crippen molar-refractivity contribution in [2.45, 2.75) is 45.2 Å². The normalized spacial score (nSPS) is 13.8. The van der Waals surface area contributed by atoms with E-state index in [1.54, 1.807) is 11.3 Å². The summed E-state index contributed by atoms with van der Waals surface area (Å²) in [5, 5.41) is 11.3. The van der Waals surface area contributed by atoms with E-state index in [-0.39, 0.29) is 24.8 Å². The van der Waals surface area contributed by atoms with Crippen LogP contribution in [-0.2, 0) is 16.0 Å². The predicted molar refractivity (Wildman–Crippen MR) is 75.2 cm³/mol. The summed E-state index contributed by atoms with van der Waals surface area (Å²) in [5.41, 5.74) is 5.64.